The third-order valence-corrected chi connectivity index (χ3v) is 2.46. The molecule has 2 nitrogen and oxygen atoms in total. The molecule has 0 aromatic heterocycles. The topological polar surface area (TPSA) is 40.5 Å². The largest absolute Gasteiger partial charge is 0.504 e. The molecule has 0 bridgehead atoms. The van der Waals surface area contributed by atoms with E-state index in [1.807, 2.05) is 39.8 Å². The van der Waals surface area contributed by atoms with Gasteiger partial charge in [-0.1, -0.05) is 39.8 Å². The maximum atomic E-state index is 9.75. The first-order valence-electron chi connectivity index (χ1n) is 4.99. The van der Waals surface area contributed by atoms with Gasteiger partial charge in [-0.3, -0.25) is 0 Å². The minimum Gasteiger partial charge on any atom is -0.504 e. The maximum Gasteiger partial charge on any atom is 0.161 e. The zero-order valence-electron chi connectivity index (χ0n) is 9.91. The van der Waals surface area contributed by atoms with Crippen molar-refractivity contribution in [1.82, 2.24) is 0 Å². The predicted octanol–water partition coefficient (Wildman–Crippen LogP) is 3.34. The van der Waals surface area contributed by atoms with E-state index in [1.54, 1.807) is 0 Å². The van der Waals surface area contributed by atoms with Gasteiger partial charge in [-0.15, -0.1) is 0 Å². The van der Waals surface area contributed by atoms with Crippen LogP contribution in [-0.2, 0) is 19.5 Å². The van der Waals surface area contributed by atoms with E-state index in [2.05, 4.69) is 0 Å². The van der Waals surface area contributed by atoms with Crippen molar-refractivity contribution in [2.45, 2.75) is 39.5 Å². The van der Waals surface area contributed by atoms with Gasteiger partial charge in [0.2, 0.25) is 0 Å². The molecule has 0 saturated heterocycles. The van der Waals surface area contributed by atoms with Gasteiger partial charge >= 0.3 is 0 Å². The molecule has 2 N–H and O–H groups in total. The van der Waals surface area contributed by atoms with Crippen LogP contribution in [0.15, 0.2) is 12.1 Å². The van der Waals surface area contributed by atoms with Crippen LogP contribution in [0.5, 0.6) is 11.5 Å². The summed E-state index contributed by atoms with van der Waals surface area (Å²) in [6.07, 6.45) is 0. The van der Waals surface area contributed by atoms with Gasteiger partial charge in [0, 0.05) is 30.6 Å². The summed E-state index contributed by atoms with van der Waals surface area (Å²) >= 11 is 0. The second-order valence-electron chi connectivity index (χ2n) is 4.25. The molecule has 0 aliphatic carbocycles. The molecule has 1 aromatic carbocycles. The van der Waals surface area contributed by atoms with Gasteiger partial charge in [0.05, 0.1) is 0 Å². The Morgan fingerprint density at radius 2 is 1.07 bits per heavy atom. The van der Waals surface area contributed by atoms with E-state index in [1.165, 1.54) is 0 Å². The predicted molar refractivity (Wildman–Crippen MR) is 57.9 cm³/mol. The average molecular weight is 260 g/mol. The minimum absolute atomic E-state index is 0. The van der Waals surface area contributed by atoms with Gasteiger partial charge in [0.15, 0.2) is 11.5 Å². The Bertz CT molecular complexity index is 300. The molecule has 1 rings (SSSR count). The summed E-state index contributed by atoms with van der Waals surface area (Å²) in [4.78, 5) is 0. The fourth-order valence-electron chi connectivity index (χ4n) is 1.54. The van der Waals surface area contributed by atoms with E-state index in [0.29, 0.717) is 0 Å². The molecule has 15 heavy (non-hydrogen) atoms. The molecule has 0 atom stereocenters. The standard InChI is InChI=1S/C12H18O2.Zn/c1-7(2)9-5-6-10(8(3)4)12(14)11(9)13;/h5-8,13-14H,1-4H3;. The fourth-order valence-corrected chi connectivity index (χ4v) is 1.54. The smallest absolute Gasteiger partial charge is 0.161 e. The van der Waals surface area contributed by atoms with E-state index in [9.17, 15) is 10.2 Å². The number of hydrogen-bond acceptors (Lipinski definition) is 2. The van der Waals surface area contributed by atoms with Gasteiger partial charge in [-0.25, -0.2) is 0 Å². The van der Waals surface area contributed by atoms with Crippen LogP contribution in [0, 0.1) is 0 Å². The summed E-state index contributed by atoms with van der Waals surface area (Å²) in [6.45, 7) is 7.96. The van der Waals surface area contributed by atoms with Gasteiger partial charge in [0.25, 0.3) is 0 Å². The van der Waals surface area contributed by atoms with E-state index in [4.69, 9.17) is 0 Å². The van der Waals surface area contributed by atoms with Crippen LogP contribution < -0.4 is 0 Å². The summed E-state index contributed by atoms with van der Waals surface area (Å²) in [6, 6.07) is 3.77. The molecular formula is C12H18O2Zn. The number of phenols is 2. The Balaban J connectivity index is 0.00000196. The Kier molecular flexibility index (Phi) is 5.30. The van der Waals surface area contributed by atoms with Gasteiger partial charge < -0.3 is 10.2 Å². The van der Waals surface area contributed by atoms with Crippen LogP contribution >= 0.6 is 0 Å². The monoisotopic (exact) mass is 258 g/mol. The van der Waals surface area contributed by atoms with E-state index >= 15 is 0 Å². The second kappa shape index (κ2) is 5.51. The Labute approximate surface area is 104 Å². The van der Waals surface area contributed by atoms with Crippen LogP contribution in [0.2, 0.25) is 0 Å². The second-order valence-corrected chi connectivity index (χ2v) is 4.25. The molecule has 1 aromatic rings. The van der Waals surface area contributed by atoms with Crippen LogP contribution in [0.25, 0.3) is 0 Å². The van der Waals surface area contributed by atoms with E-state index in [-0.39, 0.29) is 42.8 Å². The molecule has 0 heterocycles. The van der Waals surface area contributed by atoms with Crippen molar-refractivity contribution < 1.29 is 29.7 Å². The third kappa shape index (κ3) is 2.95. The molecule has 0 saturated carbocycles. The summed E-state index contributed by atoms with van der Waals surface area (Å²) in [5, 5.41) is 19.5. The molecule has 0 radical (unpaired) electrons. The van der Waals surface area contributed by atoms with Crippen molar-refractivity contribution in [3.05, 3.63) is 23.3 Å². The number of phenolic OH excluding ortho intramolecular Hbond substituents is 2. The normalized spacial score (nSPS) is 10.5. The first kappa shape index (κ1) is 14.4. The van der Waals surface area contributed by atoms with Crippen molar-refractivity contribution in [2.24, 2.45) is 0 Å². The first-order chi connectivity index (χ1) is 6.45. The summed E-state index contributed by atoms with van der Waals surface area (Å²) in [5.74, 6) is 0.515. The number of aromatic hydroxyl groups is 2. The van der Waals surface area contributed by atoms with Gasteiger partial charge in [-0.05, 0) is 11.8 Å². The quantitative estimate of drug-likeness (QED) is 0.632. The Hall–Kier alpha value is -0.557. The van der Waals surface area contributed by atoms with Crippen molar-refractivity contribution >= 4 is 0 Å². The molecule has 0 aliphatic rings. The van der Waals surface area contributed by atoms with E-state index in [0.717, 1.165) is 11.1 Å². The van der Waals surface area contributed by atoms with Crippen LogP contribution in [0.3, 0.4) is 0 Å². The first-order valence-corrected chi connectivity index (χ1v) is 4.99. The Morgan fingerprint density at radius 3 is 1.27 bits per heavy atom. The molecular weight excluding hydrogens is 242 g/mol. The van der Waals surface area contributed by atoms with Crippen molar-refractivity contribution in [2.75, 3.05) is 0 Å². The van der Waals surface area contributed by atoms with Gasteiger partial charge in [-0.2, -0.15) is 0 Å². The molecule has 0 fully saturated rings. The summed E-state index contributed by atoms with van der Waals surface area (Å²) < 4.78 is 0. The summed E-state index contributed by atoms with van der Waals surface area (Å²) in [5.41, 5.74) is 1.60. The zero-order valence-corrected chi connectivity index (χ0v) is 12.9. The van der Waals surface area contributed by atoms with Crippen LogP contribution in [0.4, 0.5) is 0 Å². The van der Waals surface area contributed by atoms with Crippen LogP contribution in [0.1, 0.15) is 50.7 Å². The third-order valence-electron chi connectivity index (χ3n) is 2.46. The SMILES string of the molecule is CC(C)c1ccc(C(C)C)c(O)c1O.[Zn]. The molecule has 80 valence electrons. The average Bonchev–Trinajstić information content (AvgIpc) is 2.08. The molecule has 0 aliphatic heterocycles. The fraction of sp³-hybridized carbons (Fsp3) is 0.500. The minimum atomic E-state index is 0. The number of benzene rings is 1. The van der Waals surface area contributed by atoms with E-state index < -0.39 is 0 Å². The van der Waals surface area contributed by atoms with Gasteiger partial charge in [0.1, 0.15) is 0 Å². The number of rotatable bonds is 2. The van der Waals surface area contributed by atoms with Crippen LogP contribution in [-0.4, -0.2) is 10.2 Å². The maximum absolute atomic E-state index is 9.75. The zero-order chi connectivity index (χ0) is 10.9. The molecule has 0 amide bonds. The molecule has 3 heteroatoms. The van der Waals surface area contributed by atoms with Crippen molar-refractivity contribution in [1.29, 1.82) is 0 Å². The van der Waals surface area contributed by atoms with Crippen molar-refractivity contribution in [3.63, 3.8) is 0 Å². The molecule has 0 unspecified atom stereocenters. The molecule has 0 spiro atoms. The Morgan fingerprint density at radius 1 is 0.800 bits per heavy atom. The number of hydrogen-bond donors (Lipinski definition) is 2. The summed E-state index contributed by atoms with van der Waals surface area (Å²) in [7, 11) is 0. The van der Waals surface area contributed by atoms with Crippen molar-refractivity contribution in [3.8, 4) is 11.5 Å².